The minimum Gasteiger partial charge on any atom is -0.354 e. The van der Waals surface area contributed by atoms with Gasteiger partial charge < -0.3 is 10.6 Å². The minimum atomic E-state index is -0.341. The zero-order valence-electron chi connectivity index (χ0n) is 10.9. The van der Waals surface area contributed by atoms with Crippen LogP contribution in [0.4, 0.5) is 0 Å². The van der Waals surface area contributed by atoms with Crippen molar-refractivity contribution in [3.8, 4) is 0 Å². The summed E-state index contributed by atoms with van der Waals surface area (Å²) >= 11 is 1.71. The first-order valence-corrected chi connectivity index (χ1v) is 7.61. The van der Waals surface area contributed by atoms with Crippen LogP contribution in [0, 0.1) is 0 Å². The van der Waals surface area contributed by atoms with E-state index < -0.39 is 0 Å². The third kappa shape index (κ3) is 3.99. The first kappa shape index (κ1) is 13.9. The molecule has 1 aromatic rings. The predicted molar refractivity (Wildman–Crippen MR) is 76.1 cm³/mol. The van der Waals surface area contributed by atoms with Gasteiger partial charge in [-0.3, -0.25) is 9.59 Å². The Morgan fingerprint density at radius 1 is 1.42 bits per heavy atom. The molecule has 0 spiro atoms. The van der Waals surface area contributed by atoms with Crippen LogP contribution in [0.1, 0.15) is 18.4 Å². The molecule has 1 heterocycles. The molecule has 5 heteroatoms. The van der Waals surface area contributed by atoms with Gasteiger partial charge in [0, 0.05) is 17.9 Å². The number of hydrogen-bond acceptors (Lipinski definition) is 3. The molecular weight excluding hydrogens is 260 g/mol. The van der Waals surface area contributed by atoms with E-state index in [4.69, 9.17) is 0 Å². The van der Waals surface area contributed by atoms with Crippen LogP contribution in [-0.4, -0.2) is 30.7 Å². The molecule has 2 rings (SSSR count). The van der Waals surface area contributed by atoms with Crippen molar-refractivity contribution in [2.24, 2.45) is 0 Å². The highest BCUT2D eigenvalue weighted by Crippen LogP contribution is 2.14. The van der Waals surface area contributed by atoms with Crippen molar-refractivity contribution < 1.29 is 9.59 Å². The fourth-order valence-electron chi connectivity index (χ4n) is 2.06. The average molecular weight is 278 g/mol. The molecule has 1 atom stereocenters. The predicted octanol–water partition coefficient (Wildman–Crippen LogP) is 1.35. The van der Waals surface area contributed by atoms with Crippen LogP contribution >= 0.6 is 11.8 Å². The second-order valence-corrected chi connectivity index (χ2v) is 5.43. The van der Waals surface area contributed by atoms with E-state index in [0.717, 1.165) is 6.42 Å². The van der Waals surface area contributed by atoms with Crippen molar-refractivity contribution in [2.75, 3.05) is 12.8 Å². The normalized spacial score (nSPS) is 18.2. The first-order valence-electron chi connectivity index (χ1n) is 6.39. The Labute approximate surface area is 117 Å². The van der Waals surface area contributed by atoms with E-state index in [-0.39, 0.29) is 17.9 Å². The molecule has 0 saturated carbocycles. The third-order valence-corrected chi connectivity index (χ3v) is 3.93. The van der Waals surface area contributed by atoms with Gasteiger partial charge in [0.1, 0.15) is 6.04 Å². The number of carbonyl (C=O) groups excluding carboxylic acids is 2. The monoisotopic (exact) mass is 278 g/mol. The van der Waals surface area contributed by atoms with E-state index in [1.165, 1.54) is 10.5 Å². The minimum absolute atomic E-state index is 0.0344. The zero-order chi connectivity index (χ0) is 13.7. The highest BCUT2D eigenvalue weighted by molar-refractivity contribution is 7.98. The lowest BCUT2D eigenvalue weighted by atomic mass is 10.1. The molecule has 0 radical (unpaired) electrons. The van der Waals surface area contributed by atoms with Crippen LogP contribution in [0.25, 0.3) is 0 Å². The lowest BCUT2D eigenvalue weighted by molar-refractivity contribution is -0.125. The van der Waals surface area contributed by atoms with Gasteiger partial charge in [-0.15, -0.1) is 11.8 Å². The van der Waals surface area contributed by atoms with Crippen molar-refractivity contribution in [3.63, 3.8) is 0 Å². The molecule has 1 saturated heterocycles. The van der Waals surface area contributed by atoms with Gasteiger partial charge in [-0.05, 0) is 36.8 Å². The van der Waals surface area contributed by atoms with Gasteiger partial charge >= 0.3 is 0 Å². The van der Waals surface area contributed by atoms with Gasteiger partial charge in [-0.2, -0.15) is 0 Å². The molecule has 1 aliphatic rings. The molecule has 102 valence electrons. The van der Waals surface area contributed by atoms with Gasteiger partial charge in [0.15, 0.2) is 0 Å². The molecule has 0 aliphatic carbocycles. The molecule has 19 heavy (non-hydrogen) atoms. The Bertz CT molecular complexity index is 459. The second-order valence-electron chi connectivity index (χ2n) is 4.55. The van der Waals surface area contributed by atoms with Gasteiger partial charge in [0.25, 0.3) is 0 Å². The Morgan fingerprint density at radius 2 is 2.16 bits per heavy atom. The Kier molecular flexibility index (Phi) is 4.85. The molecule has 1 aromatic carbocycles. The number of benzene rings is 1. The number of nitrogens with one attached hydrogen (secondary N) is 2. The quantitative estimate of drug-likeness (QED) is 0.799. The van der Waals surface area contributed by atoms with Gasteiger partial charge in [0.2, 0.25) is 11.8 Å². The SMILES string of the molecule is CSc1ccc(CCNC(=O)C2CCC(=O)N2)cc1. The van der Waals surface area contributed by atoms with Crippen molar-refractivity contribution in [3.05, 3.63) is 29.8 Å². The Hall–Kier alpha value is -1.49. The number of rotatable bonds is 5. The summed E-state index contributed by atoms with van der Waals surface area (Å²) in [6.45, 7) is 0.601. The maximum atomic E-state index is 11.8. The highest BCUT2D eigenvalue weighted by atomic mass is 32.2. The van der Waals surface area contributed by atoms with E-state index in [1.807, 2.05) is 6.26 Å². The van der Waals surface area contributed by atoms with Crippen LogP contribution in [0.15, 0.2) is 29.2 Å². The van der Waals surface area contributed by atoms with E-state index >= 15 is 0 Å². The summed E-state index contributed by atoms with van der Waals surface area (Å²) in [7, 11) is 0. The first-order chi connectivity index (χ1) is 9.19. The number of amides is 2. The lowest BCUT2D eigenvalue weighted by Gasteiger charge is -2.10. The smallest absolute Gasteiger partial charge is 0.242 e. The van der Waals surface area contributed by atoms with Gasteiger partial charge in [-0.25, -0.2) is 0 Å². The van der Waals surface area contributed by atoms with Crippen molar-refractivity contribution >= 4 is 23.6 Å². The Balaban J connectivity index is 1.73. The van der Waals surface area contributed by atoms with Gasteiger partial charge in [-0.1, -0.05) is 12.1 Å². The summed E-state index contributed by atoms with van der Waals surface area (Å²) in [6.07, 6.45) is 3.91. The van der Waals surface area contributed by atoms with Crippen LogP contribution in [0.2, 0.25) is 0 Å². The van der Waals surface area contributed by atoms with E-state index in [2.05, 4.69) is 34.9 Å². The summed E-state index contributed by atoms with van der Waals surface area (Å²) in [6, 6.07) is 7.98. The van der Waals surface area contributed by atoms with Crippen molar-refractivity contribution in [2.45, 2.75) is 30.2 Å². The second kappa shape index (κ2) is 6.61. The largest absolute Gasteiger partial charge is 0.354 e. The lowest BCUT2D eigenvalue weighted by Crippen LogP contribution is -2.42. The van der Waals surface area contributed by atoms with E-state index in [0.29, 0.717) is 19.4 Å². The Morgan fingerprint density at radius 3 is 2.74 bits per heavy atom. The zero-order valence-corrected chi connectivity index (χ0v) is 11.8. The van der Waals surface area contributed by atoms with E-state index in [9.17, 15) is 9.59 Å². The van der Waals surface area contributed by atoms with Crippen molar-refractivity contribution in [1.29, 1.82) is 0 Å². The summed E-state index contributed by atoms with van der Waals surface area (Å²) in [5.41, 5.74) is 1.20. The third-order valence-electron chi connectivity index (χ3n) is 3.18. The molecule has 0 bridgehead atoms. The van der Waals surface area contributed by atoms with Crippen LogP contribution < -0.4 is 10.6 Å². The summed E-state index contributed by atoms with van der Waals surface area (Å²) in [5.74, 6) is -0.112. The van der Waals surface area contributed by atoms with Gasteiger partial charge in [0.05, 0.1) is 0 Å². The highest BCUT2D eigenvalue weighted by Gasteiger charge is 2.26. The molecule has 4 nitrogen and oxygen atoms in total. The number of carbonyl (C=O) groups is 2. The summed E-state index contributed by atoms with van der Waals surface area (Å²) < 4.78 is 0. The summed E-state index contributed by atoms with van der Waals surface area (Å²) in [4.78, 5) is 24.0. The fraction of sp³-hybridized carbons (Fsp3) is 0.429. The molecule has 2 amide bonds. The molecule has 0 aromatic heterocycles. The summed E-state index contributed by atoms with van der Waals surface area (Å²) in [5, 5.41) is 5.53. The molecule has 2 N–H and O–H groups in total. The van der Waals surface area contributed by atoms with Crippen molar-refractivity contribution in [1.82, 2.24) is 10.6 Å². The standard InChI is InChI=1S/C14H18N2O2S/c1-19-11-4-2-10(3-5-11)8-9-15-14(18)12-6-7-13(17)16-12/h2-5,12H,6-9H2,1H3,(H,15,18)(H,16,17). The number of hydrogen-bond donors (Lipinski definition) is 2. The molecule has 1 fully saturated rings. The maximum absolute atomic E-state index is 11.8. The van der Waals surface area contributed by atoms with Crippen LogP contribution in [0.5, 0.6) is 0 Å². The van der Waals surface area contributed by atoms with E-state index in [1.54, 1.807) is 11.8 Å². The molecule has 1 unspecified atom stereocenters. The topological polar surface area (TPSA) is 58.2 Å². The average Bonchev–Trinajstić information content (AvgIpc) is 2.86. The fourth-order valence-corrected chi connectivity index (χ4v) is 2.46. The molecule has 1 aliphatic heterocycles. The molecular formula is C14H18N2O2S. The van der Waals surface area contributed by atoms with Crippen LogP contribution in [0.3, 0.4) is 0 Å². The number of thioether (sulfide) groups is 1. The van der Waals surface area contributed by atoms with Crippen LogP contribution in [-0.2, 0) is 16.0 Å². The maximum Gasteiger partial charge on any atom is 0.242 e.